The molecule has 1 aliphatic heterocycles. The van der Waals surface area contributed by atoms with Crippen molar-refractivity contribution in [2.24, 2.45) is 0 Å². The first-order valence-electron chi connectivity index (χ1n) is 11.3. The van der Waals surface area contributed by atoms with E-state index in [0.29, 0.717) is 4.88 Å². The van der Waals surface area contributed by atoms with Gasteiger partial charge in [0.05, 0.1) is 4.88 Å². The topological polar surface area (TPSA) is 90.0 Å². The number of aliphatic carboxylic acids is 1. The lowest BCUT2D eigenvalue weighted by Gasteiger charge is -2.35. The van der Waals surface area contributed by atoms with Crippen LogP contribution >= 0.6 is 11.3 Å². The number of nitrogens with one attached hydrogen (secondary N) is 1. The summed E-state index contributed by atoms with van der Waals surface area (Å²) in [5, 5.41) is 12.0. The highest BCUT2D eigenvalue weighted by molar-refractivity contribution is 7.12. The molecule has 1 fully saturated rings. The number of hydrogen-bond donors (Lipinski definition) is 2. The Kier molecular flexibility index (Phi) is 9.42. The molecule has 0 bridgehead atoms. The smallest absolute Gasteiger partial charge is 0.475 e. The van der Waals surface area contributed by atoms with Crippen molar-refractivity contribution in [3.8, 4) is 0 Å². The van der Waals surface area contributed by atoms with E-state index < -0.39 is 12.1 Å². The fourth-order valence-electron chi connectivity index (χ4n) is 3.68. The average Bonchev–Trinajstić information content (AvgIpc) is 3.40. The Bertz CT molecular complexity index is 1220. The van der Waals surface area contributed by atoms with E-state index in [4.69, 9.17) is 9.90 Å². The van der Waals surface area contributed by atoms with Gasteiger partial charge in [0.2, 0.25) is 0 Å². The van der Waals surface area contributed by atoms with Gasteiger partial charge in [-0.15, -0.1) is 11.3 Å². The van der Waals surface area contributed by atoms with Crippen LogP contribution in [0.2, 0.25) is 0 Å². The molecule has 2 heterocycles. The Morgan fingerprint density at radius 1 is 0.973 bits per heavy atom. The van der Waals surface area contributed by atoms with Crippen LogP contribution < -0.4 is 5.32 Å². The van der Waals surface area contributed by atoms with Crippen molar-refractivity contribution in [1.29, 1.82) is 0 Å². The zero-order valence-corrected chi connectivity index (χ0v) is 20.8. The van der Waals surface area contributed by atoms with Gasteiger partial charge in [0.25, 0.3) is 11.8 Å². The van der Waals surface area contributed by atoms with Crippen molar-refractivity contribution >= 4 is 34.8 Å². The third kappa shape index (κ3) is 8.43. The van der Waals surface area contributed by atoms with E-state index in [9.17, 15) is 22.8 Å². The lowest BCUT2D eigenvalue weighted by atomic mass is 10.1. The second kappa shape index (κ2) is 12.5. The molecule has 0 radical (unpaired) electrons. The molecule has 0 aliphatic carbocycles. The van der Waals surface area contributed by atoms with Gasteiger partial charge < -0.3 is 15.3 Å². The maximum Gasteiger partial charge on any atom is 0.490 e. The number of alkyl halides is 3. The van der Waals surface area contributed by atoms with Gasteiger partial charge in [-0.25, -0.2) is 4.79 Å². The van der Waals surface area contributed by atoms with E-state index in [1.807, 2.05) is 71.8 Å². The zero-order valence-electron chi connectivity index (χ0n) is 20.0. The molecule has 2 N–H and O–H groups in total. The molecule has 3 aromatic rings. The summed E-state index contributed by atoms with van der Waals surface area (Å²) in [6, 6.07) is 19.4. The van der Waals surface area contributed by atoms with Crippen LogP contribution in [0, 0.1) is 6.92 Å². The largest absolute Gasteiger partial charge is 0.490 e. The summed E-state index contributed by atoms with van der Waals surface area (Å²) in [4.78, 5) is 38.9. The minimum atomic E-state index is -5.08. The number of benzene rings is 2. The molecule has 7 nitrogen and oxygen atoms in total. The van der Waals surface area contributed by atoms with Gasteiger partial charge in [-0.3, -0.25) is 14.5 Å². The van der Waals surface area contributed by atoms with Gasteiger partial charge in [0.15, 0.2) is 0 Å². The number of carboxylic acid groups (broad SMARTS) is 1. The molecule has 0 atom stereocenters. The highest BCUT2D eigenvalue weighted by atomic mass is 32.1. The van der Waals surface area contributed by atoms with Crippen molar-refractivity contribution in [2.75, 3.05) is 31.5 Å². The van der Waals surface area contributed by atoms with Crippen molar-refractivity contribution in [3.05, 3.63) is 87.6 Å². The van der Waals surface area contributed by atoms with Crippen LogP contribution in [0.1, 0.15) is 31.2 Å². The van der Waals surface area contributed by atoms with Crippen LogP contribution in [0.5, 0.6) is 0 Å². The minimum absolute atomic E-state index is 0.0783. The molecule has 0 saturated carbocycles. The quantitative estimate of drug-likeness (QED) is 0.487. The van der Waals surface area contributed by atoms with E-state index in [2.05, 4.69) is 16.3 Å². The highest BCUT2D eigenvalue weighted by Crippen LogP contribution is 2.18. The maximum atomic E-state index is 12.7. The number of thiophene rings is 1. The first kappa shape index (κ1) is 27.9. The molecule has 1 aromatic heterocycles. The Morgan fingerprint density at radius 3 is 2.24 bits per heavy atom. The van der Waals surface area contributed by atoms with E-state index in [-0.39, 0.29) is 11.8 Å². The molecular weight excluding hydrogens is 507 g/mol. The molecule has 2 amide bonds. The normalized spacial score (nSPS) is 13.9. The zero-order chi connectivity index (χ0) is 27.0. The Morgan fingerprint density at radius 2 is 1.65 bits per heavy atom. The first-order valence-corrected chi connectivity index (χ1v) is 12.2. The van der Waals surface area contributed by atoms with Gasteiger partial charge in [-0.05, 0) is 48.2 Å². The molecule has 37 heavy (non-hydrogen) atoms. The van der Waals surface area contributed by atoms with Gasteiger partial charge in [-0.2, -0.15) is 13.2 Å². The molecule has 11 heteroatoms. The van der Waals surface area contributed by atoms with Crippen LogP contribution in [-0.2, 0) is 11.3 Å². The number of anilines is 1. The van der Waals surface area contributed by atoms with Crippen LogP contribution in [0.3, 0.4) is 0 Å². The monoisotopic (exact) mass is 533 g/mol. The Hall–Kier alpha value is -3.70. The fourth-order valence-corrected chi connectivity index (χ4v) is 4.29. The fraction of sp³-hybridized carbons (Fsp3) is 0.269. The molecular formula is C26H26F3N3O4S. The number of aryl methyl sites for hydroxylation is 1. The molecule has 4 rings (SSSR count). The number of nitrogens with zero attached hydrogens (tertiary/aromatic N) is 2. The van der Waals surface area contributed by atoms with Gasteiger partial charge >= 0.3 is 12.1 Å². The number of carbonyl (C=O) groups excluding carboxylic acids is 2. The Labute approximate surface area is 216 Å². The van der Waals surface area contributed by atoms with Gasteiger partial charge in [0, 0.05) is 44.0 Å². The predicted octanol–water partition coefficient (Wildman–Crippen LogP) is 4.90. The second-order valence-electron chi connectivity index (χ2n) is 8.37. The number of carbonyl (C=O) groups is 3. The molecule has 0 spiro atoms. The molecule has 0 unspecified atom stereocenters. The lowest BCUT2D eigenvalue weighted by Crippen LogP contribution is -2.48. The third-order valence-electron chi connectivity index (χ3n) is 5.50. The van der Waals surface area contributed by atoms with Crippen molar-refractivity contribution in [3.63, 3.8) is 0 Å². The molecule has 2 aromatic carbocycles. The Balaban J connectivity index is 0.000000479. The van der Waals surface area contributed by atoms with Crippen molar-refractivity contribution < 1.29 is 32.7 Å². The number of halogens is 3. The van der Waals surface area contributed by atoms with Crippen molar-refractivity contribution in [2.45, 2.75) is 19.6 Å². The van der Waals surface area contributed by atoms with Crippen LogP contribution in [0.15, 0.2) is 66.0 Å². The van der Waals surface area contributed by atoms with E-state index in [1.54, 1.807) is 0 Å². The second-order valence-corrected chi connectivity index (χ2v) is 9.32. The van der Waals surface area contributed by atoms with Gasteiger partial charge in [-0.1, -0.05) is 35.9 Å². The van der Waals surface area contributed by atoms with E-state index >= 15 is 0 Å². The third-order valence-corrected chi connectivity index (χ3v) is 6.37. The first-order chi connectivity index (χ1) is 17.5. The number of rotatable bonds is 5. The van der Waals surface area contributed by atoms with Crippen LogP contribution in [0.4, 0.5) is 18.9 Å². The predicted molar refractivity (Wildman–Crippen MR) is 135 cm³/mol. The summed E-state index contributed by atoms with van der Waals surface area (Å²) < 4.78 is 31.7. The summed E-state index contributed by atoms with van der Waals surface area (Å²) in [5.74, 6) is -2.73. The number of carboxylic acids is 1. The SMILES string of the molecule is Cc1cccc(C(=O)N2CCN(Cc3cccc(NC(=O)c4cccs4)c3)CC2)c1.O=C(O)C(F)(F)F. The van der Waals surface area contributed by atoms with Crippen molar-refractivity contribution in [1.82, 2.24) is 9.80 Å². The number of piperazine rings is 1. The number of hydrogen-bond acceptors (Lipinski definition) is 5. The summed E-state index contributed by atoms with van der Waals surface area (Å²) >= 11 is 1.43. The summed E-state index contributed by atoms with van der Waals surface area (Å²) in [5.41, 5.74) is 3.82. The summed E-state index contributed by atoms with van der Waals surface area (Å²) in [6.07, 6.45) is -5.08. The molecule has 1 saturated heterocycles. The molecule has 196 valence electrons. The highest BCUT2D eigenvalue weighted by Gasteiger charge is 2.38. The summed E-state index contributed by atoms with van der Waals surface area (Å²) in [7, 11) is 0. The lowest BCUT2D eigenvalue weighted by molar-refractivity contribution is -0.192. The maximum absolute atomic E-state index is 12.7. The standard InChI is InChI=1S/C24H25N3O2S.C2HF3O2/c1-18-5-2-7-20(15-18)24(29)27-12-10-26(11-13-27)17-19-6-3-8-21(16-19)25-23(28)22-9-4-14-30-22;3-2(4,5)1(6)7/h2-9,14-16H,10-13,17H2,1H3,(H,25,28);(H,6,7). The minimum Gasteiger partial charge on any atom is -0.475 e. The average molecular weight is 534 g/mol. The van der Waals surface area contributed by atoms with Crippen LogP contribution in [-0.4, -0.2) is 65.0 Å². The molecule has 1 aliphatic rings. The van der Waals surface area contributed by atoms with Crippen LogP contribution in [0.25, 0.3) is 0 Å². The van der Waals surface area contributed by atoms with E-state index in [1.165, 1.54) is 11.3 Å². The van der Waals surface area contributed by atoms with Gasteiger partial charge in [0.1, 0.15) is 0 Å². The number of amides is 2. The van der Waals surface area contributed by atoms with E-state index in [0.717, 1.165) is 55.1 Å². The summed E-state index contributed by atoms with van der Waals surface area (Å²) in [6.45, 7) is 5.93.